The normalized spacial score (nSPS) is 28.6. The van der Waals surface area contributed by atoms with Gasteiger partial charge in [-0.05, 0) is 67.8 Å². The fourth-order valence-corrected chi connectivity index (χ4v) is 4.33. The summed E-state index contributed by atoms with van der Waals surface area (Å²) in [6.45, 7) is 3.96. The van der Waals surface area contributed by atoms with Gasteiger partial charge in [0.25, 0.3) is 0 Å². The highest BCUT2D eigenvalue weighted by Crippen LogP contribution is 2.38. The zero-order valence-corrected chi connectivity index (χ0v) is 16.2. The lowest BCUT2D eigenvalue weighted by atomic mass is 9.77. The number of allylic oxidation sites excluding steroid dienone is 5. The van der Waals surface area contributed by atoms with Crippen LogP contribution in [0.5, 0.6) is 0 Å². The molecule has 27 heavy (non-hydrogen) atoms. The summed E-state index contributed by atoms with van der Waals surface area (Å²) in [5, 5.41) is 0. The fourth-order valence-electron chi connectivity index (χ4n) is 4.33. The minimum Gasteiger partial charge on any atom is -0.380 e. The molecule has 2 atom stereocenters. The van der Waals surface area contributed by atoms with Crippen LogP contribution < -0.4 is 0 Å². The highest BCUT2D eigenvalue weighted by Gasteiger charge is 2.25. The first-order valence-electron chi connectivity index (χ1n) is 10.1. The molecule has 3 heteroatoms. The van der Waals surface area contributed by atoms with Gasteiger partial charge in [0.2, 0.25) is 0 Å². The van der Waals surface area contributed by atoms with E-state index in [9.17, 15) is 8.78 Å². The molecule has 0 amide bonds. The Bertz CT molecular complexity index is 699. The maximum absolute atomic E-state index is 14.5. The van der Waals surface area contributed by atoms with E-state index in [4.69, 9.17) is 4.74 Å². The molecule has 146 valence electrons. The number of rotatable bonds is 6. The van der Waals surface area contributed by atoms with Crippen LogP contribution in [0, 0.1) is 29.4 Å². The van der Waals surface area contributed by atoms with Crippen molar-refractivity contribution in [3.05, 3.63) is 71.9 Å². The summed E-state index contributed by atoms with van der Waals surface area (Å²) < 4.78 is 33.6. The number of benzene rings is 1. The van der Waals surface area contributed by atoms with Crippen molar-refractivity contribution in [2.24, 2.45) is 17.8 Å². The molecule has 0 aliphatic heterocycles. The lowest BCUT2D eigenvalue weighted by Gasteiger charge is -2.28. The van der Waals surface area contributed by atoms with Crippen LogP contribution in [0.25, 0.3) is 0 Å². The highest BCUT2D eigenvalue weighted by molar-refractivity contribution is 5.29. The van der Waals surface area contributed by atoms with Crippen molar-refractivity contribution in [3.8, 4) is 0 Å². The summed E-state index contributed by atoms with van der Waals surface area (Å²) in [5.41, 5.74) is 0.815. The number of hydrogen-bond donors (Lipinski definition) is 0. The van der Waals surface area contributed by atoms with E-state index < -0.39 is 11.6 Å². The Kier molecular flexibility index (Phi) is 7.01. The summed E-state index contributed by atoms with van der Waals surface area (Å²) in [7, 11) is 1.49. The number of methoxy groups -OCH3 is 1. The molecule has 2 unspecified atom stereocenters. The molecule has 0 bridgehead atoms. The Balaban J connectivity index is 1.55. The molecule has 0 saturated heterocycles. The molecule has 0 spiro atoms. The molecule has 1 nitrogen and oxygen atoms in total. The van der Waals surface area contributed by atoms with Gasteiger partial charge < -0.3 is 4.74 Å². The molecule has 1 fully saturated rings. The molecule has 1 aromatic rings. The molecule has 3 rings (SSSR count). The van der Waals surface area contributed by atoms with Crippen LogP contribution in [0.1, 0.15) is 55.6 Å². The van der Waals surface area contributed by atoms with Crippen LogP contribution in [0.4, 0.5) is 8.78 Å². The van der Waals surface area contributed by atoms with Crippen LogP contribution in [0.15, 0.2) is 49.1 Å². The molecule has 0 N–H and O–H groups in total. The topological polar surface area (TPSA) is 9.23 Å². The van der Waals surface area contributed by atoms with Crippen LogP contribution in [-0.2, 0) is 11.3 Å². The molecule has 0 radical (unpaired) electrons. The Morgan fingerprint density at radius 2 is 1.67 bits per heavy atom. The van der Waals surface area contributed by atoms with E-state index >= 15 is 0 Å². The fraction of sp³-hybridized carbons (Fsp3) is 0.500. The molecular weight excluding hydrogens is 342 g/mol. The number of ether oxygens (including phenoxy) is 1. The molecule has 2 aliphatic carbocycles. The summed E-state index contributed by atoms with van der Waals surface area (Å²) in [6.07, 6.45) is 17.5. The van der Waals surface area contributed by atoms with Gasteiger partial charge in [0, 0.05) is 12.7 Å². The molecule has 2 aliphatic rings. The molecule has 0 heterocycles. The smallest absolute Gasteiger partial charge is 0.164 e. The van der Waals surface area contributed by atoms with E-state index in [0.717, 1.165) is 25.7 Å². The highest BCUT2D eigenvalue weighted by atomic mass is 19.2. The van der Waals surface area contributed by atoms with Crippen molar-refractivity contribution < 1.29 is 13.5 Å². The standard InChI is InChI=1S/C24H30F2O/c1-3-17-4-6-18(7-5-17)8-9-19-10-12-20(13-11-19)22-15-14-21(16-27-2)23(25)24(22)26/h3-4,6,8-9,14-15,17-20H,1,5,7,10-13,16H2,2H3/b9-8+. The average molecular weight is 372 g/mol. The monoisotopic (exact) mass is 372 g/mol. The van der Waals surface area contributed by atoms with E-state index in [-0.39, 0.29) is 18.1 Å². The third-order valence-electron chi connectivity index (χ3n) is 6.08. The lowest BCUT2D eigenvalue weighted by molar-refractivity contribution is 0.180. The maximum Gasteiger partial charge on any atom is 0.164 e. The molecule has 1 saturated carbocycles. The van der Waals surface area contributed by atoms with Gasteiger partial charge in [-0.25, -0.2) is 8.78 Å². The third kappa shape index (κ3) is 4.95. The lowest BCUT2D eigenvalue weighted by Crippen LogP contribution is -2.14. The first-order chi connectivity index (χ1) is 13.1. The van der Waals surface area contributed by atoms with Crippen molar-refractivity contribution in [3.63, 3.8) is 0 Å². The average Bonchev–Trinajstić information content (AvgIpc) is 2.71. The molecule has 1 aromatic carbocycles. The largest absolute Gasteiger partial charge is 0.380 e. The SMILES string of the molecule is C=CC1C=CC(/C=C/C2CCC(c3ccc(COC)c(F)c3F)CC2)CC1. The van der Waals surface area contributed by atoms with Crippen LogP contribution >= 0.6 is 0 Å². The summed E-state index contributed by atoms with van der Waals surface area (Å²) in [5.74, 6) is 0.275. The number of halogens is 2. The Hall–Kier alpha value is -1.74. The van der Waals surface area contributed by atoms with Gasteiger partial charge in [-0.3, -0.25) is 0 Å². The third-order valence-corrected chi connectivity index (χ3v) is 6.08. The van der Waals surface area contributed by atoms with Gasteiger partial charge in [-0.2, -0.15) is 0 Å². The Labute approximate surface area is 161 Å². The van der Waals surface area contributed by atoms with Crippen LogP contribution in [-0.4, -0.2) is 7.11 Å². The zero-order valence-electron chi connectivity index (χ0n) is 16.2. The predicted octanol–water partition coefficient (Wildman–Crippen LogP) is 6.71. The van der Waals surface area contributed by atoms with Gasteiger partial charge in [-0.1, -0.05) is 42.5 Å². The molecular formula is C24H30F2O. The summed E-state index contributed by atoms with van der Waals surface area (Å²) in [6, 6.07) is 3.41. The van der Waals surface area contributed by atoms with Crippen LogP contribution in [0.3, 0.4) is 0 Å². The summed E-state index contributed by atoms with van der Waals surface area (Å²) in [4.78, 5) is 0. The van der Waals surface area contributed by atoms with E-state index in [1.54, 1.807) is 12.1 Å². The van der Waals surface area contributed by atoms with Crippen molar-refractivity contribution in [2.45, 2.75) is 51.0 Å². The maximum atomic E-state index is 14.5. The second-order valence-corrected chi connectivity index (χ2v) is 7.90. The van der Waals surface area contributed by atoms with Gasteiger partial charge in [0.1, 0.15) is 0 Å². The summed E-state index contributed by atoms with van der Waals surface area (Å²) >= 11 is 0. The van der Waals surface area contributed by atoms with Gasteiger partial charge in [0.15, 0.2) is 11.6 Å². The van der Waals surface area contributed by atoms with Crippen molar-refractivity contribution in [2.75, 3.05) is 7.11 Å². The second kappa shape index (κ2) is 9.45. The second-order valence-electron chi connectivity index (χ2n) is 7.90. The van der Waals surface area contributed by atoms with Crippen molar-refractivity contribution in [1.29, 1.82) is 0 Å². The first kappa shape index (κ1) is 20.0. The van der Waals surface area contributed by atoms with Crippen LogP contribution in [0.2, 0.25) is 0 Å². The first-order valence-corrected chi connectivity index (χ1v) is 10.1. The van der Waals surface area contributed by atoms with E-state index in [1.165, 1.54) is 20.0 Å². The number of hydrogen-bond acceptors (Lipinski definition) is 1. The van der Waals surface area contributed by atoms with Gasteiger partial charge in [-0.15, -0.1) is 6.58 Å². The minimum atomic E-state index is -0.752. The van der Waals surface area contributed by atoms with Crippen molar-refractivity contribution >= 4 is 0 Å². The predicted molar refractivity (Wildman–Crippen MR) is 106 cm³/mol. The van der Waals surface area contributed by atoms with Gasteiger partial charge >= 0.3 is 0 Å². The minimum absolute atomic E-state index is 0.101. The van der Waals surface area contributed by atoms with Gasteiger partial charge in [0.05, 0.1) is 6.61 Å². The Morgan fingerprint density at radius 1 is 0.963 bits per heavy atom. The van der Waals surface area contributed by atoms with E-state index in [1.807, 2.05) is 6.08 Å². The van der Waals surface area contributed by atoms with E-state index in [0.29, 0.717) is 23.3 Å². The Morgan fingerprint density at radius 3 is 2.30 bits per heavy atom. The molecule has 0 aromatic heterocycles. The van der Waals surface area contributed by atoms with E-state index in [2.05, 4.69) is 30.9 Å². The quantitative estimate of drug-likeness (QED) is 0.504. The zero-order chi connectivity index (χ0) is 19.2. The van der Waals surface area contributed by atoms with Crippen molar-refractivity contribution in [1.82, 2.24) is 0 Å².